The van der Waals surface area contributed by atoms with Gasteiger partial charge in [0.15, 0.2) is 5.65 Å². The molecule has 0 amide bonds. The van der Waals surface area contributed by atoms with Crippen LogP contribution in [0.5, 0.6) is 0 Å². The van der Waals surface area contributed by atoms with Crippen molar-refractivity contribution in [2.75, 3.05) is 0 Å². The third-order valence-electron chi connectivity index (χ3n) is 3.94. The van der Waals surface area contributed by atoms with Gasteiger partial charge >= 0.3 is 0 Å². The van der Waals surface area contributed by atoms with Crippen LogP contribution < -0.4 is 0 Å². The molecule has 0 fully saturated rings. The molecule has 0 aliphatic carbocycles. The molecular formula is C17H11N3. The van der Waals surface area contributed by atoms with E-state index in [1.807, 2.05) is 6.07 Å². The molecule has 0 aliphatic heterocycles. The van der Waals surface area contributed by atoms with Gasteiger partial charge < -0.3 is 4.40 Å². The molecule has 94 valence electrons. The van der Waals surface area contributed by atoms with Crippen LogP contribution in [0.2, 0.25) is 0 Å². The van der Waals surface area contributed by atoms with Crippen molar-refractivity contribution < 1.29 is 0 Å². The highest BCUT2D eigenvalue weighted by Crippen LogP contribution is 2.25. The van der Waals surface area contributed by atoms with Crippen molar-refractivity contribution in [2.24, 2.45) is 0 Å². The lowest BCUT2D eigenvalue weighted by Gasteiger charge is -2.00. The van der Waals surface area contributed by atoms with Crippen molar-refractivity contribution in [1.82, 2.24) is 13.8 Å². The van der Waals surface area contributed by atoms with Crippen LogP contribution in [-0.4, -0.2) is 13.8 Å². The predicted molar refractivity (Wildman–Crippen MR) is 81.2 cm³/mol. The van der Waals surface area contributed by atoms with Crippen molar-refractivity contribution in [2.45, 2.75) is 0 Å². The summed E-state index contributed by atoms with van der Waals surface area (Å²) in [6.45, 7) is 0. The highest BCUT2D eigenvalue weighted by atomic mass is 15.1. The predicted octanol–water partition coefficient (Wildman–Crippen LogP) is 3.89. The molecule has 3 nitrogen and oxygen atoms in total. The number of fused-ring (bicyclic) bond motifs is 7. The Kier molecular flexibility index (Phi) is 1.70. The van der Waals surface area contributed by atoms with E-state index in [1.54, 1.807) is 0 Å². The quantitative estimate of drug-likeness (QED) is 0.412. The molecule has 0 N–H and O–H groups in total. The maximum Gasteiger partial charge on any atom is 0.162 e. The van der Waals surface area contributed by atoms with Crippen molar-refractivity contribution >= 4 is 33.1 Å². The Hall–Kier alpha value is -2.81. The molecule has 5 aromatic rings. The topological polar surface area (TPSA) is 21.7 Å². The average Bonchev–Trinajstić information content (AvgIpc) is 3.05. The number of benzene rings is 2. The molecule has 0 atom stereocenters. The molecular weight excluding hydrogens is 246 g/mol. The summed E-state index contributed by atoms with van der Waals surface area (Å²) in [6, 6.07) is 18.9. The number of hydrogen-bond acceptors (Lipinski definition) is 1. The minimum Gasteiger partial charge on any atom is -0.312 e. The van der Waals surface area contributed by atoms with Gasteiger partial charge in [0.05, 0.1) is 22.1 Å². The van der Waals surface area contributed by atoms with Gasteiger partial charge in [-0.05, 0) is 24.3 Å². The van der Waals surface area contributed by atoms with Crippen LogP contribution in [0.4, 0.5) is 0 Å². The molecule has 3 heteroatoms. The zero-order valence-corrected chi connectivity index (χ0v) is 10.7. The largest absolute Gasteiger partial charge is 0.312 e. The molecule has 2 aromatic carbocycles. The van der Waals surface area contributed by atoms with Crippen LogP contribution in [0.15, 0.2) is 67.0 Å². The number of para-hydroxylation sites is 3. The van der Waals surface area contributed by atoms with Crippen LogP contribution in [0.3, 0.4) is 0 Å². The second kappa shape index (κ2) is 3.39. The lowest BCUT2D eigenvalue weighted by atomic mass is 10.2. The lowest BCUT2D eigenvalue weighted by molar-refractivity contribution is 1.14. The first-order valence-electron chi connectivity index (χ1n) is 6.67. The Labute approximate surface area is 114 Å². The van der Waals surface area contributed by atoms with Gasteiger partial charge in [0, 0.05) is 17.8 Å². The van der Waals surface area contributed by atoms with Crippen LogP contribution in [-0.2, 0) is 0 Å². The molecule has 0 radical (unpaired) electrons. The van der Waals surface area contributed by atoms with E-state index in [1.165, 1.54) is 10.9 Å². The first-order valence-corrected chi connectivity index (χ1v) is 6.67. The summed E-state index contributed by atoms with van der Waals surface area (Å²) in [5.41, 5.74) is 5.55. The van der Waals surface area contributed by atoms with E-state index in [4.69, 9.17) is 4.98 Å². The second-order valence-electron chi connectivity index (χ2n) is 5.05. The molecule has 0 bridgehead atoms. The maximum absolute atomic E-state index is 4.78. The normalized spacial score (nSPS) is 12.0. The fourth-order valence-corrected chi connectivity index (χ4v) is 3.02. The zero-order valence-electron chi connectivity index (χ0n) is 10.7. The summed E-state index contributed by atoms with van der Waals surface area (Å²) in [4.78, 5) is 4.78. The molecule has 3 heterocycles. The van der Waals surface area contributed by atoms with Gasteiger partial charge in [0.2, 0.25) is 0 Å². The lowest BCUT2D eigenvalue weighted by Crippen LogP contribution is -1.90. The van der Waals surface area contributed by atoms with E-state index in [0.717, 1.165) is 22.2 Å². The molecule has 0 spiro atoms. The van der Waals surface area contributed by atoms with Crippen molar-refractivity contribution in [1.29, 1.82) is 0 Å². The molecule has 0 unspecified atom stereocenters. The number of rotatable bonds is 0. The van der Waals surface area contributed by atoms with Crippen LogP contribution in [0.1, 0.15) is 0 Å². The third kappa shape index (κ3) is 1.12. The number of hydrogen-bond donors (Lipinski definition) is 0. The van der Waals surface area contributed by atoms with E-state index in [9.17, 15) is 0 Å². The Bertz CT molecular complexity index is 1010. The maximum atomic E-state index is 4.78. The van der Waals surface area contributed by atoms with Gasteiger partial charge in [-0.1, -0.05) is 30.3 Å². The fraction of sp³-hybridized carbons (Fsp3) is 0. The van der Waals surface area contributed by atoms with Gasteiger partial charge in [-0.3, -0.25) is 4.40 Å². The van der Waals surface area contributed by atoms with E-state index in [2.05, 4.69) is 69.7 Å². The van der Waals surface area contributed by atoms with Gasteiger partial charge in [0.1, 0.15) is 0 Å². The van der Waals surface area contributed by atoms with Crippen LogP contribution in [0, 0.1) is 0 Å². The van der Waals surface area contributed by atoms with Gasteiger partial charge in [-0.25, -0.2) is 4.98 Å². The monoisotopic (exact) mass is 257 g/mol. The van der Waals surface area contributed by atoms with E-state index < -0.39 is 0 Å². The Balaban J connectivity index is 2.10. The third-order valence-corrected chi connectivity index (χ3v) is 3.94. The number of aromatic nitrogens is 3. The van der Waals surface area contributed by atoms with Crippen LogP contribution >= 0.6 is 0 Å². The second-order valence-corrected chi connectivity index (χ2v) is 5.05. The zero-order chi connectivity index (χ0) is 13.1. The summed E-state index contributed by atoms with van der Waals surface area (Å²) in [7, 11) is 0. The first kappa shape index (κ1) is 10.0. The number of imidazole rings is 1. The molecule has 5 rings (SSSR count). The Morgan fingerprint density at radius 3 is 2.40 bits per heavy atom. The number of nitrogens with zero attached hydrogens (tertiary/aromatic N) is 3. The Morgan fingerprint density at radius 2 is 1.45 bits per heavy atom. The van der Waals surface area contributed by atoms with Crippen LogP contribution in [0.25, 0.3) is 33.1 Å². The average molecular weight is 257 g/mol. The minimum atomic E-state index is 1.00. The molecule has 20 heavy (non-hydrogen) atoms. The smallest absolute Gasteiger partial charge is 0.162 e. The van der Waals surface area contributed by atoms with E-state index >= 15 is 0 Å². The summed E-state index contributed by atoms with van der Waals surface area (Å²) in [6.07, 6.45) is 4.20. The molecule has 0 saturated heterocycles. The highest BCUT2D eigenvalue weighted by molar-refractivity contribution is 5.94. The first-order chi connectivity index (χ1) is 9.92. The summed E-state index contributed by atoms with van der Waals surface area (Å²) in [5, 5.41) is 1.24. The fourth-order valence-electron chi connectivity index (χ4n) is 3.02. The van der Waals surface area contributed by atoms with E-state index in [0.29, 0.717) is 0 Å². The Morgan fingerprint density at radius 1 is 0.700 bits per heavy atom. The minimum absolute atomic E-state index is 1.00. The SMILES string of the molecule is c1ccc2c(c1)cc1c3nc4ccccc4n3ccn21. The highest BCUT2D eigenvalue weighted by Gasteiger charge is 2.09. The standard InChI is InChI=1S/C17H11N3/c1-3-7-14-12(5-1)11-16-17-18-13-6-2-4-8-15(13)20(17)10-9-19(14)16/h1-11H. The molecule has 0 saturated carbocycles. The van der Waals surface area contributed by atoms with Crippen molar-refractivity contribution in [3.63, 3.8) is 0 Å². The van der Waals surface area contributed by atoms with Crippen molar-refractivity contribution in [3.05, 3.63) is 67.0 Å². The van der Waals surface area contributed by atoms with E-state index in [-0.39, 0.29) is 0 Å². The summed E-state index contributed by atoms with van der Waals surface area (Å²) in [5.74, 6) is 0. The van der Waals surface area contributed by atoms with Gasteiger partial charge in [0.25, 0.3) is 0 Å². The van der Waals surface area contributed by atoms with Gasteiger partial charge in [-0.2, -0.15) is 0 Å². The molecule has 3 aromatic heterocycles. The summed E-state index contributed by atoms with van der Waals surface area (Å²) < 4.78 is 4.36. The van der Waals surface area contributed by atoms with Crippen molar-refractivity contribution in [3.8, 4) is 0 Å². The molecule has 0 aliphatic rings. The summed E-state index contributed by atoms with van der Waals surface area (Å²) >= 11 is 0. The van der Waals surface area contributed by atoms with Gasteiger partial charge in [-0.15, -0.1) is 0 Å².